The van der Waals surface area contributed by atoms with Crippen LogP contribution in [0.2, 0.25) is 0 Å². The zero-order valence-corrected chi connectivity index (χ0v) is 14.7. The Bertz CT molecular complexity index is 349. The van der Waals surface area contributed by atoms with Gasteiger partial charge in [-0.2, -0.15) is 0 Å². The molecule has 1 nitrogen and oxygen atoms in total. The van der Waals surface area contributed by atoms with Crippen molar-refractivity contribution in [1.82, 2.24) is 4.90 Å². The zero-order chi connectivity index (χ0) is 16.3. The van der Waals surface area contributed by atoms with E-state index >= 15 is 0 Å². The van der Waals surface area contributed by atoms with Crippen LogP contribution in [0.25, 0.3) is 0 Å². The Morgan fingerprint density at radius 3 is 2.24 bits per heavy atom. The number of halogens is 1. The molecule has 0 spiro atoms. The molecule has 1 saturated carbocycles. The summed E-state index contributed by atoms with van der Waals surface area (Å²) >= 11 is 0. The molecule has 1 unspecified atom stereocenters. The second-order valence-corrected chi connectivity index (χ2v) is 5.45. The highest BCUT2D eigenvalue weighted by molar-refractivity contribution is 5.40. The Morgan fingerprint density at radius 2 is 1.90 bits per heavy atom. The number of likely N-dealkylation sites (tertiary alicyclic amines) is 1. The fraction of sp³-hybridized carbons (Fsp3) is 0.684. The molecule has 122 valence electrons. The second kappa shape index (κ2) is 11.7. The van der Waals surface area contributed by atoms with Crippen LogP contribution in [0.1, 0.15) is 60.3 Å². The van der Waals surface area contributed by atoms with E-state index in [4.69, 9.17) is 0 Å². The Kier molecular flexibility index (Phi) is 11.2. The standard InChI is InChI=1S/C11H15F.C6H13N.C2H6/c1-4-5-10(12)11-8(2)6-7-9(11)3;1-2-7-5-3-4-6-7;1-2/h4-5,9H,2,6-7H2,1,3H3;2-6H2,1H3;1-2H3/b5-4-,11-10-;;. The van der Waals surface area contributed by atoms with Gasteiger partial charge < -0.3 is 4.90 Å². The molecule has 2 fully saturated rings. The Balaban J connectivity index is 0.000000377. The molecule has 1 saturated heterocycles. The molecular formula is C19H34FN. The van der Waals surface area contributed by atoms with Crippen LogP contribution in [0.4, 0.5) is 4.39 Å². The molecule has 0 aromatic heterocycles. The van der Waals surface area contributed by atoms with E-state index in [0.717, 1.165) is 24.0 Å². The molecule has 0 amide bonds. The number of hydrogen-bond donors (Lipinski definition) is 0. The number of allylic oxidation sites excluding steroid dienone is 5. The molecule has 1 atom stereocenters. The molecule has 1 aliphatic carbocycles. The molecule has 0 N–H and O–H groups in total. The van der Waals surface area contributed by atoms with Crippen LogP contribution in [-0.4, -0.2) is 24.5 Å². The maximum absolute atomic E-state index is 13.3. The lowest BCUT2D eigenvalue weighted by Crippen LogP contribution is -2.17. The number of hydrogen-bond acceptors (Lipinski definition) is 1. The molecule has 0 bridgehead atoms. The first-order valence-corrected chi connectivity index (χ1v) is 8.53. The van der Waals surface area contributed by atoms with Crippen LogP contribution < -0.4 is 0 Å². The molecule has 21 heavy (non-hydrogen) atoms. The van der Waals surface area contributed by atoms with Gasteiger partial charge in [0.15, 0.2) is 0 Å². The van der Waals surface area contributed by atoms with Gasteiger partial charge in [0.05, 0.1) is 0 Å². The van der Waals surface area contributed by atoms with Gasteiger partial charge in [0.2, 0.25) is 0 Å². The predicted octanol–water partition coefficient (Wildman–Crippen LogP) is 5.90. The third kappa shape index (κ3) is 7.08. The summed E-state index contributed by atoms with van der Waals surface area (Å²) in [6, 6.07) is 0. The van der Waals surface area contributed by atoms with Crippen LogP contribution >= 0.6 is 0 Å². The van der Waals surface area contributed by atoms with Crippen LogP contribution in [-0.2, 0) is 0 Å². The molecule has 0 aromatic carbocycles. The number of rotatable bonds is 2. The second-order valence-electron chi connectivity index (χ2n) is 5.45. The summed E-state index contributed by atoms with van der Waals surface area (Å²) in [6.45, 7) is 17.9. The van der Waals surface area contributed by atoms with Crippen LogP contribution in [0.5, 0.6) is 0 Å². The molecule has 2 aliphatic rings. The van der Waals surface area contributed by atoms with Crippen molar-refractivity contribution in [2.75, 3.05) is 19.6 Å². The van der Waals surface area contributed by atoms with E-state index in [-0.39, 0.29) is 5.83 Å². The first-order chi connectivity index (χ1) is 10.1. The summed E-state index contributed by atoms with van der Waals surface area (Å²) in [4.78, 5) is 2.49. The summed E-state index contributed by atoms with van der Waals surface area (Å²) < 4.78 is 13.3. The van der Waals surface area contributed by atoms with Crippen LogP contribution in [0, 0.1) is 5.92 Å². The summed E-state index contributed by atoms with van der Waals surface area (Å²) in [5.74, 6) is 0.237. The molecule has 2 rings (SSSR count). The lowest BCUT2D eigenvalue weighted by molar-refractivity contribution is 0.359. The van der Waals surface area contributed by atoms with Gasteiger partial charge in [0.1, 0.15) is 5.83 Å². The molecule has 2 heteroatoms. The molecule has 1 heterocycles. The van der Waals surface area contributed by atoms with Crippen molar-refractivity contribution < 1.29 is 4.39 Å². The van der Waals surface area contributed by atoms with E-state index in [0.29, 0.717) is 5.92 Å². The molecule has 1 aliphatic heterocycles. The zero-order valence-electron chi connectivity index (χ0n) is 14.7. The van der Waals surface area contributed by atoms with E-state index in [9.17, 15) is 4.39 Å². The van der Waals surface area contributed by atoms with Gasteiger partial charge in [-0.25, -0.2) is 4.39 Å². The fourth-order valence-electron chi connectivity index (χ4n) is 2.76. The van der Waals surface area contributed by atoms with Crippen molar-refractivity contribution in [3.8, 4) is 0 Å². The first kappa shape index (κ1) is 20.1. The van der Waals surface area contributed by atoms with Crippen LogP contribution in [0.15, 0.2) is 35.7 Å². The highest BCUT2D eigenvalue weighted by Crippen LogP contribution is 2.37. The number of nitrogens with zero attached hydrogens (tertiary/aromatic N) is 1. The first-order valence-electron chi connectivity index (χ1n) is 8.53. The van der Waals surface area contributed by atoms with Gasteiger partial charge in [0, 0.05) is 0 Å². The van der Waals surface area contributed by atoms with Gasteiger partial charge in [-0.3, -0.25) is 0 Å². The normalized spacial score (nSPS) is 24.5. The summed E-state index contributed by atoms with van der Waals surface area (Å²) in [5.41, 5.74) is 1.80. The minimum absolute atomic E-state index is 0.104. The lowest BCUT2D eigenvalue weighted by atomic mass is 10.0. The third-order valence-corrected chi connectivity index (χ3v) is 3.97. The van der Waals surface area contributed by atoms with E-state index in [1.165, 1.54) is 38.6 Å². The van der Waals surface area contributed by atoms with Gasteiger partial charge >= 0.3 is 0 Å². The van der Waals surface area contributed by atoms with Crippen molar-refractivity contribution in [2.24, 2.45) is 5.92 Å². The largest absolute Gasteiger partial charge is 0.304 e. The van der Waals surface area contributed by atoms with Gasteiger partial charge in [-0.05, 0) is 75.4 Å². The van der Waals surface area contributed by atoms with Crippen molar-refractivity contribution in [3.05, 3.63) is 35.7 Å². The van der Waals surface area contributed by atoms with Crippen LogP contribution in [0.3, 0.4) is 0 Å². The van der Waals surface area contributed by atoms with Crippen molar-refractivity contribution in [3.63, 3.8) is 0 Å². The average molecular weight is 295 g/mol. The topological polar surface area (TPSA) is 3.24 Å². The summed E-state index contributed by atoms with van der Waals surface area (Å²) in [6.07, 6.45) is 8.07. The van der Waals surface area contributed by atoms with Crippen molar-refractivity contribution in [1.29, 1.82) is 0 Å². The summed E-state index contributed by atoms with van der Waals surface area (Å²) in [7, 11) is 0. The maximum atomic E-state index is 13.3. The quantitative estimate of drug-likeness (QED) is 0.613. The maximum Gasteiger partial charge on any atom is 0.126 e. The minimum atomic E-state index is -0.104. The van der Waals surface area contributed by atoms with Gasteiger partial charge in [-0.15, -0.1) is 0 Å². The van der Waals surface area contributed by atoms with E-state index in [1.54, 1.807) is 6.08 Å². The van der Waals surface area contributed by atoms with Gasteiger partial charge in [-0.1, -0.05) is 40.3 Å². The molecule has 0 aromatic rings. The smallest absolute Gasteiger partial charge is 0.126 e. The van der Waals surface area contributed by atoms with Gasteiger partial charge in [0.25, 0.3) is 0 Å². The van der Waals surface area contributed by atoms with E-state index in [1.807, 2.05) is 20.8 Å². The minimum Gasteiger partial charge on any atom is -0.304 e. The highest BCUT2D eigenvalue weighted by Gasteiger charge is 2.22. The monoisotopic (exact) mass is 295 g/mol. The third-order valence-electron chi connectivity index (χ3n) is 3.97. The average Bonchev–Trinajstić information content (AvgIpc) is 3.12. The summed E-state index contributed by atoms with van der Waals surface area (Å²) in [5, 5.41) is 0. The van der Waals surface area contributed by atoms with Crippen molar-refractivity contribution >= 4 is 0 Å². The lowest BCUT2D eigenvalue weighted by Gasteiger charge is -2.08. The SMILES string of the molecule is C=C1CCC(C)/C1=C(F)/C=C\C.CC.CCN1CCCC1. The molecule has 0 radical (unpaired) electrons. The Hall–Kier alpha value is -0.890. The molecular weight excluding hydrogens is 261 g/mol. The fourth-order valence-corrected chi connectivity index (χ4v) is 2.76. The van der Waals surface area contributed by atoms with E-state index in [2.05, 4.69) is 25.3 Å². The highest BCUT2D eigenvalue weighted by atomic mass is 19.1. The Morgan fingerprint density at radius 1 is 1.33 bits per heavy atom. The Labute approximate surface area is 131 Å². The van der Waals surface area contributed by atoms with Crippen molar-refractivity contribution in [2.45, 2.75) is 60.3 Å². The predicted molar refractivity (Wildman–Crippen MR) is 93.2 cm³/mol. The van der Waals surface area contributed by atoms with E-state index < -0.39 is 0 Å².